The van der Waals surface area contributed by atoms with Gasteiger partial charge in [0, 0.05) is 30.5 Å². The number of benzene rings is 3. The Bertz CT molecular complexity index is 1270. The standard InChI is InChI=1S/C27H25ClFNO5/c1-27(13-18-8-9-21(28)22(29)10-18)14-20-11-19(12-23(34-2)25(20)35-27)26(33)30(16-24(31)32)15-17-6-4-3-5-7-17/h3-12H,13-16H2,1-2H3,(H,31,32)/t27-/m0/s1. The van der Waals surface area contributed by atoms with Gasteiger partial charge in [-0.2, -0.15) is 0 Å². The average Bonchev–Trinajstić information content (AvgIpc) is 3.16. The Labute approximate surface area is 207 Å². The molecule has 0 saturated carbocycles. The molecule has 1 aliphatic rings. The first kappa shape index (κ1) is 24.5. The van der Waals surface area contributed by atoms with Crippen LogP contribution in [0.25, 0.3) is 0 Å². The van der Waals surface area contributed by atoms with Gasteiger partial charge in [-0.25, -0.2) is 4.39 Å². The van der Waals surface area contributed by atoms with Crippen LogP contribution in [0.1, 0.15) is 34.0 Å². The molecule has 1 atom stereocenters. The summed E-state index contributed by atoms with van der Waals surface area (Å²) in [5.74, 6) is -1.12. The maximum atomic E-state index is 13.9. The topological polar surface area (TPSA) is 76.1 Å². The Hall–Kier alpha value is -3.58. The van der Waals surface area contributed by atoms with Gasteiger partial charge in [0.15, 0.2) is 11.5 Å². The molecule has 182 valence electrons. The zero-order valence-electron chi connectivity index (χ0n) is 19.4. The van der Waals surface area contributed by atoms with Crippen molar-refractivity contribution in [2.24, 2.45) is 0 Å². The second kappa shape index (κ2) is 9.96. The third-order valence-electron chi connectivity index (χ3n) is 5.90. The minimum atomic E-state index is -1.10. The van der Waals surface area contributed by atoms with Gasteiger partial charge in [-0.15, -0.1) is 0 Å². The summed E-state index contributed by atoms with van der Waals surface area (Å²) < 4.78 is 25.7. The number of carboxylic acids is 1. The monoisotopic (exact) mass is 497 g/mol. The van der Waals surface area contributed by atoms with E-state index in [0.29, 0.717) is 29.9 Å². The molecule has 1 heterocycles. The number of ether oxygens (including phenoxy) is 2. The van der Waals surface area contributed by atoms with Crippen molar-refractivity contribution in [2.75, 3.05) is 13.7 Å². The van der Waals surface area contributed by atoms with Crippen molar-refractivity contribution in [3.8, 4) is 11.5 Å². The summed E-state index contributed by atoms with van der Waals surface area (Å²) in [6.07, 6.45) is 0.878. The maximum Gasteiger partial charge on any atom is 0.323 e. The normalized spacial score (nSPS) is 16.3. The van der Waals surface area contributed by atoms with Crippen LogP contribution < -0.4 is 9.47 Å². The van der Waals surface area contributed by atoms with E-state index in [0.717, 1.165) is 16.7 Å². The molecule has 0 saturated heterocycles. The Balaban J connectivity index is 1.61. The SMILES string of the molecule is COc1cc(C(=O)N(CC(=O)O)Cc2ccccc2)cc2c1O[C@@](C)(Cc1ccc(Cl)c(F)c1)C2. The Morgan fingerprint density at radius 2 is 1.89 bits per heavy atom. The van der Waals surface area contributed by atoms with Crippen LogP contribution >= 0.6 is 11.6 Å². The van der Waals surface area contributed by atoms with Crippen molar-refractivity contribution < 1.29 is 28.6 Å². The first-order valence-corrected chi connectivity index (χ1v) is 11.4. The number of nitrogens with zero attached hydrogens (tertiary/aromatic N) is 1. The van der Waals surface area contributed by atoms with Crippen molar-refractivity contribution in [1.82, 2.24) is 4.90 Å². The third-order valence-corrected chi connectivity index (χ3v) is 6.21. The van der Waals surface area contributed by atoms with Crippen molar-refractivity contribution in [3.63, 3.8) is 0 Å². The van der Waals surface area contributed by atoms with Gasteiger partial charge in [0.1, 0.15) is 18.0 Å². The van der Waals surface area contributed by atoms with Crippen LogP contribution in [0, 0.1) is 5.82 Å². The number of rotatable bonds is 8. The predicted molar refractivity (Wildman–Crippen MR) is 130 cm³/mol. The van der Waals surface area contributed by atoms with Crippen LogP contribution in [-0.4, -0.2) is 41.1 Å². The van der Waals surface area contributed by atoms with Crippen LogP contribution in [0.3, 0.4) is 0 Å². The molecule has 1 aliphatic heterocycles. The molecule has 0 unspecified atom stereocenters. The average molecular weight is 498 g/mol. The van der Waals surface area contributed by atoms with Crippen LogP contribution in [0.15, 0.2) is 60.7 Å². The molecule has 6 nitrogen and oxygen atoms in total. The van der Waals surface area contributed by atoms with E-state index in [1.807, 2.05) is 37.3 Å². The number of hydrogen-bond acceptors (Lipinski definition) is 4. The van der Waals surface area contributed by atoms with Crippen LogP contribution in [0.2, 0.25) is 5.02 Å². The van der Waals surface area contributed by atoms with Crippen LogP contribution in [0.4, 0.5) is 4.39 Å². The molecule has 0 bridgehead atoms. The predicted octanol–water partition coefficient (Wildman–Crippen LogP) is 5.15. The lowest BCUT2D eigenvalue weighted by Crippen LogP contribution is -2.35. The molecule has 0 radical (unpaired) electrons. The first-order valence-electron chi connectivity index (χ1n) is 11.1. The van der Waals surface area contributed by atoms with E-state index in [9.17, 15) is 19.1 Å². The van der Waals surface area contributed by atoms with E-state index >= 15 is 0 Å². The van der Waals surface area contributed by atoms with E-state index in [1.165, 1.54) is 24.1 Å². The largest absolute Gasteiger partial charge is 0.493 e. The molecule has 8 heteroatoms. The molecule has 0 aliphatic carbocycles. The van der Waals surface area contributed by atoms with Gasteiger partial charge in [-0.3, -0.25) is 9.59 Å². The third kappa shape index (κ3) is 5.57. The van der Waals surface area contributed by atoms with Crippen molar-refractivity contribution in [3.05, 3.63) is 93.8 Å². The summed E-state index contributed by atoms with van der Waals surface area (Å²) in [5.41, 5.74) is 1.93. The molecule has 35 heavy (non-hydrogen) atoms. The fourth-order valence-corrected chi connectivity index (χ4v) is 4.51. The highest BCUT2D eigenvalue weighted by Gasteiger charge is 2.38. The quantitative estimate of drug-likeness (QED) is 0.465. The summed E-state index contributed by atoms with van der Waals surface area (Å²) >= 11 is 5.80. The highest BCUT2D eigenvalue weighted by Crippen LogP contribution is 2.44. The number of aliphatic carboxylic acids is 1. The van der Waals surface area contributed by atoms with E-state index in [-0.39, 0.29) is 11.6 Å². The van der Waals surface area contributed by atoms with Gasteiger partial charge in [0.25, 0.3) is 5.91 Å². The summed E-state index contributed by atoms with van der Waals surface area (Å²) in [6.45, 7) is 1.62. The van der Waals surface area contributed by atoms with E-state index in [4.69, 9.17) is 21.1 Å². The highest BCUT2D eigenvalue weighted by atomic mass is 35.5. The van der Waals surface area contributed by atoms with Gasteiger partial charge in [0.2, 0.25) is 0 Å². The fourth-order valence-electron chi connectivity index (χ4n) is 4.40. The van der Waals surface area contributed by atoms with E-state index in [1.54, 1.807) is 18.2 Å². The van der Waals surface area contributed by atoms with Gasteiger partial charge < -0.3 is 19.5 Å². The number of carbonyl (C=O) groups is 2. The molecule has 0 aromatic heterocycles. The lowest BCUT2D eigenvalue weighted by Gasteiger charge is -2.24. The van der Waals surface area contributed by atoms with Crippen molar-refractivity contribution >= 4 is 23.5 Å². The van der Waals surface area contributed by atoms with Crippen LogP contribution in [0.5, 0.6) is 11.5 Å². The molecule has 0 fully saturated rings. The number of fused-ring (bicyclic) bond motifs is 1. The minimum absolute atomic E-state index is 0.0563. The fraction of sp³-hybridized carbons (Fsp3) is 0.259. The number of halogens is 2. The zero-order valence-corrected chi connectivity index (χ0v) is 20.1. The van der Waals surface area contributed by atoms with E-state index < -0.39 is 29.8 Å². The summed E-state index contributed by atoms with van der Waals surface area (Å²) in [4.78, 5) is 26.1. The lowest BCUT2D eigenvalue weighted by molar-refractivity contribution is -0.137. The van der Waals surface area contributed by atoms with Gasteiger partial charge >= 0.3 is 5.97 Å². The zero-order chi connectivity index (χ0) is 25.2. The second-order valence-electron chi connectivity index (χ2n) is 8.86. The molecular formula is C27H25ClFNO5. The molecule has 3 aromatic rings. The molecule has 4 rings (SSSR count). The molecule has 0 spiro atoms. The molecule has 1 amide bonds. The minimum Gasteiger partial charge on any atom is -0.493 e. The van der Waals surface area contributed by atoms with Crippen LogP contribution in [-0.2, 0) is 24.2 Å². The summed E-state index contributed by atoms with van der Waals surface area (Å²) in [6, 6.07) is 17.1. The number of carboxylic acid groups (broad SMARTS) is 1. The maximum absolute atomic E-state index is 13.9. The second-order valence-corrected chi connectivity index (χ2v) is 9.27. The highest BCUT2D eigenvalue weighted by molar-refractivity contribution is 6.30. The van der Waals surface area contributed by atoms with Crippen molar-refractivity contribution in [2.45, 2.75) is 31.9 Å². The smallest absolute Gasteiger partial charge is 0.323 e. The number of carbonyl (C=O) groups excluding carboxylic acids is 1. The Kier molecular flexibility index (Phi) is 6.98. The Morgan fingerprint density at radius 1 is 1.14 bits per heavy atom. The number of amides is 1. The number of hydrogen-bond donors (Lipinski definition) is 1. The van der Waals surface area contributed by atoms with E-state index in [2.05, 4.69) is 0 Å². The molecule has 1 N–H and O–H groups in total. The van der Waals surface area contributed by atoms with Gasteiger partial charge in [0.05, 0.1) is 12.1 Å². The first-order chi connectivity index (χ1) is 16.7. The summed E-state index contributed by atoms with van der Waals surface area (Å²) in [7, 11) is 1.48. The Morgan fingerprint density at radius 3 is 2.54 bits per heavy atom. The summed E-state index contributed by atoms with van der Waals surface area (Å²) in [5, 5.41) is 9.44. The molecular weight excluding hydrogens is 473 g/mol. The van der Waals surface area contributed by atoms with Gasteiger partial charge in [-0.05, 0) is 42.3 Å². The molecule has 3 aromatic carbocycles. The number of methoxy groups -OCH3 is 1. The van der Waals surface area contributed by atoms with Gasteiger partial charge in [-0.1, -0.05) is 48.0 Å². The lowest BCUT2D eigenvalue weighted by atomic mass is 9.91. The van der Waals surface area contributed by atoms with Crippen molar-refractivity contribution in [1.29, 1.82) is 0 Å².